The van der Waals surface area contributed by atoms with Gasteiger partial charge in [-0.1, -0.05) is 18.6 Å². The molecular weight excluding hydrogens is 322 g/mol. The van der Waals surface area contributed by atoms with E-state index in [1.807, 2.05) is 0 Å². The molecule has 0 fully saturated rings. The average Bonchev–Trinajstić information content (AvgIpc) is 2.56. The minimum atomic E-state index is -0.747. The molecule has 0 bridgehead atoms. The second-order valence-electron chi connectivity index (χ2n) is 6.01. The summed E-state index contributed by atoms with van der Waals surface area (Å²) in [5, 5.41) is 3.96. The Morgan fingerprint density at radius 1 is 1.32 bits per heavy atom. The number of aryl methyl sites for hydroxylation is 1. The molecule has 2 N–H and O–H groups in total. The maximum atomic E-state index is 12.4. The number of hydrogen-bond acceptors (Lipinski definition) is 6. The van der Waals surface area contributed by atoms with Crippen LogP contribution in [0, 0.1) is 0 Å². The summed E-state index contributed by atoms with van der Waals surface area (Å²) in [6.45, 7) is 9.08. The van der Waals surface area contributed by atoms with Gasteiger partial charge in [0, 0.05) is 6.54 Å². The van der Waals surface area contributed by atoms with Crippen LogP contribution in [-0.2, 0) is 11.3 Å². The number of esters is 1. The molecule has 0 aliphatic rings. The molecule has 0 aliphatic carbocycles. The average molecular weight is 349 g/mol. The third-order valence-corrected chi connectivity index (χ3v) is 3.97. The van der Waals surface area contributed by atoms with Crippen molar-refractivity contribution in [3.8, 4) is 0 Å². The minimum absolute atomic E-state index is 0.173. The Bertz CT molecular complexity index is 735. The van der Waals surface area contributed by atoms with E-state index in [0.717, 1.165) is 17.5 Å². The van der Waals surface area contributed by atoms with E-state index in [-0.39, 0.29) is 29.6 Å². The minimum Gasteiger partial charge on any atom is -0.458 e. The van der Waals surface area contributed by atoms with Crippen molar-refractivity contribution in [2.45, 2.75) is 66.5 Å². The van der Waals surface area contributed by atoms with Crippen LogP contribution in [0.25, 0.3) is 0 Å². The number of allylic oxidation sites excluding steroid dienone is 2. The van der Waals surface area contributed by atoms with Crippen LogP contribution >= 0.6 is 0 Å². The molecule has 7 nitrogen and oxygen atoms in total. The number of rotatable bonds is 8. The van der Waals surface area contributed by atoms with Crippen LogP contribution in [0.3, 0.4) is 0 Å². The van der Waals surface area contributed by atoms with Crippen LogP contribution in [0.2, 0.25) is 0 Å². The van der Waals surface area contributed by atoms with Gasteiger partial charge in [0.1, 0.15) is 5.69 Å². The number of carbonyl (C=O) groups is 2. The highest BCUT2D eigenvalue weighted by atomic mass is 16.5. The summed E-state index contributed by atoms with van der Waals surface area (Å²) in [4.78, 5) is 36.3. The fraction of sp³-hybridized carbons (Fsp3) is 0.556. The van der Waals surface area contributed by atoms with Crippen LogP contribution in [-0.4, -0.2) is 27.6 Å². The first kappa shape index (κ1) is 20.6. The van der Waals surface area contributed by atoms with Gasteiger partial charge in [0.2, 0.25) is 0 Å². The fourth-order valence-electron chi connectivity index (χ4n) is 2.31. The number of hydrogen-bond donors (Lipinski definition) is 1. The van der Waals surface area contributed by atoms with Crippen molar-refractivity contribution >= 4 is 17.4 Å². The van der Waals surface area contributed by atoms with Crippen molar-refractivity contribution in [3.05, 3.63) is 33.3 Å². The van der Waals surface area contributed by atoms with Crippen LogP contribution in [0.5, 0.6) is 0 Å². The third-order valence-electron chi connectivity index (χ3n) is 3.97. The number of Topliss-reactive ketones (excluding diaryl/α,β-unsaturated/α-hetero) is 1. The zero-order chi connectivity index (χ0) is 19.1. The zero-order valence-corrected chi connectivity index (χ0v) is 15.6. The molecule has 7 heteroatoms. The molecule has 0 aliphatic heterocycles. The monoisotopic (exact) mass is 349 g/mol. The predicted octanol–water partition coefficient (Wildman–Crippen LogP) is 2.73. The lowest BCUT2D eigenvalue weighted by Gasteiger charge is -2.15. The van der Waals surface area contributed by atoms with E-state index in [1.54, 1.807) is 13.8 Å². The Hall–Kier alpha value is -2.44. The summed E-state index contributed by atoms with van der Waals surface area (Å²) in [6, 6.07) is 0. The van der Waals surface area contributed by atoms with Gasteiger partial charge in [-0.25, -0.2) is 9.48 Å². The summed E-state index contributed by atoms with van der Waals surface area (Å²) in [5.74, 6) is -1.24. The second-order valence-corrected chi connectivity index (χ2v) is 6.01. The van der Waals surface area contributed by atoms with E-state index in [1.165, 1.54) is 12.5 Å². The van der Waals surface area contributed by atoms with Crippen molar-refractivity contribution in [3.63, 3.8) is 0 Å². The molecule has 0 aromatic carbocycles. The molecule has 25 heavy (non-hydrogen) atoms. The first-order valence-electron chi connectivity index (χ1n) is 8.50. The SMILES string of the molecule is CCC(C)=CCCC(C)OC(=O)c1nn(CC)c(=O)c(N)c1C(C)=O. The van der Waals surface area contributed by atoms with Crippen molar-refractivity contribution in [1.82, 2.24) is 9.78 Å². The molecule has 0 spiro atoms. The lowest BCUT2D eigenvalue weighted by molar-refractivity contribution is 0.0314. The van der Waals surface area contributed by atoms with Gasteiger partial charge in [0.05, 0.1) is 11.7 Å². The third kappa shape index (κ3) is 5.27. The number of ether oxygens (including phenoxy) is 1. The predicted molar refractivity (Wildman–Crippen MR) is 96.7 cm³/mol. The molecule has 0 saturated carbocycles. The molecule has 1 aromatic rings. The van der Waals surface area contributed by atoms with E-state index >= 15 is 0 Å². The van der Waals surface area contributed by atoms with E-state index in [9.17, 15) is 14.4 Å². The fourth-order valence-corrected chi connectivity index (χ4v) is 2.31. The molecule has 1 unspecified atom stereocenters. The molecule has 1 atom stereocenters. The van der Waals surface area contributed by atoms with Crippen molar-refractivity contribution < 1.29 is 14.3 Å². The highest BCUT2D eigenvalue weighted by molar-refractivity contribution is 6.07. The number of nitrogens with two attached hydrogens (primary N) is 1. The lowest BCUT2D eigenvalue weighted by atomic mass is 10.1. The van der Waals surface area contributed by atoms with Crippen molar-refractivity contribution in [2.75, 3.05) is 5.73 Å². The Labute approximate surface area is 147 Å². The summed E-state index contributed by atoms with van der Waals surface area (Å²) in [6.07, 6.45) is 4.19. The number of nitrogen functional groups attached to an aromatic ring is 1. The van der Waals surface area contributed by atoms with Gasteiger partial charge in [0.25, 0.3) is 5.56 Å². The quantitative estimate of drug-likeness (QED) is 0.439. The van der Waals surface area contributed by atoms with Crippen LogP contribution in [0.15, 0.2) is 16.4 Å². The number of nitrogens with zero attached hydrogens (tertiary/aromatic N) is 2. The van der Waals surface area contributed by atoms with E-state index in [2.05, 4.69) is 25.0 Å². The topological polar surface area (TPSA) is 104 Å². The van der Waals surface area contributed by atoms with Crippen LogP contribution in [0.1, 0.15) is 74.7 Å². The normalized spacial score (nSPS) is 12.8. The maximum Gasteiger partial charge on any atom is 0.359 e. The number of ketones is 1. The molecule has 0 saturated heterocycles. The van der Waals surface area contributed by atoms with Gasteiger partial charge >= 0.3 is 5.97 Å². The summed E-state index contributed by atoms with van der Waals surface area (Å²) < 4.78 is 6.44. The zero-order valence-electron chi connectivity index (χ0n) is 15.6. The molecule has 138 valence electrons. The number of carbonyl (C=O) groups excluding carboxylic acids is 2. The Morgan fingerprint density at radius 2 is 1.96 bits per heavy atom. The van der Waals surface area contributed by atoms with E-state index < -0.39 is 17.3 Å². The second kappa shape index (κ2) is 9.15. The maximum absolute atomic E-state index is 12.4. The van der Waals surface area contributed by atoms with E-state index in [4.69, 9.17) is 10.5 Å². The highest BCUT2D eigenvalue weighted by Crippen LogP contribution is 2.15. The molecule has 1 aromatic heterocycles. The van der Waals surface area contributed by atoms with Gasteiger partial charge in [0.15, 0.2) is 11.5 Å². The van der Waals surface area contributed by atoms with Gasteiger partial charge in [-0.3, -0.25) is 9.59 Å². The molecule has 0 amide bonds. The summed E-state index contributed by atoms with van der Waals surface area (Å²) >= 11 is 0. The van der Waals surface area contributed by atoms with Crippen molar-refractivity contribution in [1.29, 1.82) is 0 Å². The Morgan fingerprint density at radius 3 is 2.48 bits per heavy atom. The smallest absolute Gasteiger partial charge is 0.359 e. The van der Waals surface area contributed by atoms with Gasteiger partial charge in [-0.05, 0) is 47.0 Å². The summed E-state index contributed by atoms with van der Waals surface area (Å²) in [7, 11) is 0. The number of aromatic nitrogens is 2. The van der Waals surface area contributed by atoms with Gasteiger partial charge in [-0.15, -0.1) is 0 Å². The first-order valence-corrected chi connectivity index (χ1v) is 8.50. The molecule has 1 rings (SSSR count). The highest BCUT2D eigenvalue weighted by Gasteiger charge is 2.25. The lowest BCUT2D eigenvalue weighted by Crippen LogP contribution is -2.31. The van der Waals surface area contributed by atoms with Gasteiger partial charge < -0.3 is 10.5 Å². The molecule has 1 heterocycles. The largest absolute Gasteiger partial charge is 0.458 e. The summed E-state index contributed by atoms with van der Waals surface area (Å²) in [5.41, 5.74) is 5.79. The standard InChI is InChI=1S/C18H27N3O4/c1-6-11(3)9-8-10-12(4)25-18(24)16-14(13(5)22)15(19)17(23)21(7-2)20-16/h9,12H,6-8,10,19H2,1-5H3. The van der Waals surface area contributed by atoms with Crippen molar-refractivity contribution in [2.24, 2.45) is 0 Å². The first-order chi connectivity index (χ1) is 11.7. The van der Waals surface area contributed by atoms with E-state index in [0.29, 0.717) is 6.42 Å². The number of anilines is 1. The molecule has 0 radical (unpaired) electrons. The molecular formula is C18H27N3O4. The Kier molecular flexibility index (Phi) is 7.54. The van der Waals surface area contributed by atoms with Gasteiger partial charge in [-0.2, -0.15) is 5.10 Å². The van der Waals surface area contributed by atoms with Crippen LogP contribution in [0.4, 0.5) is 5.69 Å². The van der Waals surface area contributed by atoms with Crippen LogP contribution < -0.4 is 11.3 Å². The Balaban J connectivity index is 3.03.